The van der Waals surface area contributed by atoms with Crippen molar-refractivity contribution in [1.29, 1.82) is 0 Å². The molecule has 3 nitrogen and oxygen atoms in total. The zero-order valence-corrected chi connectivity index (χ0v) is 13.2. The molecule has 0 unspecified atom stereocenters. The lowest BCUT2D eigenvalue weighted by molar-refractivity contribution is -0.274. The Morgan fingerprint density at radius 1 is 1.18 bits per heavy atom. The van der Waals surface area contributed by atoms with E-state index in [1.54, 1.807) is 0 Å². The maximum absolute atomic E-state index is 12.3. The lowest BCUT2D eigenvalue weighted by Crippen LogP contribution is -2.24. The summed E-state index contributed by atoms with van der Waals surface area (Å²) in [7, 11) is 1.48. The second-order valence-corrected chi connectivity index (χ2v) is 5.38. The van der Waals surface area contributed by atoms with Crippen LogP contribution in [0.1, 0.15) is 43.7 Å². The van der Waals surface area contributed by atoms with Gasteiger partial charge in [-0.1, -0.05) is 19.3 Å². The highest BCUT2D eigenvalue weighted by molar-refractivity contribution is 5.85. The van der Waals surface area contributed by atoms with E-state index in [9.17, 15) is 13.2 Å². The number of alkyl halides is 3. The number of nitrogens with two attached hydrogens (primary N) is 1. The first-order chi connectivity index (χ1) is 9.90. The lowest BCUT2D eigenvalue weighted by atomic mass is 9.81. The summed E-state index contributed by atoms with van der Waals surface area (Å²) in [6.45, 7) is 0. The summed E-state index contributed by atoms with van der Waals surface area (Å²) in [5.74, 6) is 0.515. The molecule has 0 saturated heterocycles. The van der Waals surface area contributed by atoms with Gasteiger partial charge >= 0.3 is 6.36 Å². The van der Waals surface area contributed by atoms with E-state index in [4.69, 9.17) is 10.5 Å². The van der Waals surface area contributed by atoms with Crippen molar-refractivity contribution in [2.24, 2.45) is 11.7 Å². The predicted molar refractivity (Wildman–Crippen MR) is 80.4 cm³/mol. The number of hydrogen-bond donors (Lipinski definition) is 1. The van der Waals surface area contributed by atoms with Crippen molar-refractivity contribution in [2.75, 3.05) is 7.11 Å². The molecule has 0 heterocycles. The first-order valence-corrected chi connectivity index (χ1v) is 7.10. The zero-order valence-electron chi connectivity index (χ0n) is 12.4. The molecule has 0 amide bonds. The summed E-state index contributed by atoms with van der Waals surface area (Å²) < 4.78 is 46.2. The van der Waals surface area contributed by atoms with E-state index in [1.165, 1.54) is 31.7 Å². The molecule has 0 aromatic heterocycles. The van der Waals surface area contributed by atoms with E-state index >= 15 is 0 Å². The highest BCUT2D eigenvalue weighted by Crippen LogP contribution is 2.38. The average Bonchev–Trinajstić information content (AvgIpc) is 2.45. The number of ether oxygens (including phenoxy) is 2. The van der Waals surface area contributed by atoms with Gasteiger partial charge in [0.1, 0.15) is 11.5 Å². The second-order valence-electron chi connectivity index (χ2n) is 5.38. The maximum atomic E-state index is 12.3. The fourth-order valence-corrected chi connectivity index (χ4v) is 2.92. The van der Waals surface area contributed by atoms with Crippen molar-refractivity contribution in [1.82, 2.24) is 0 Å². The van der Waals surface area contributed by atoms with Gasteiger partial charge in [-0.25, -0.2) is 0 Å². The minimum Gasteiger partial charge on any atom is -0.496 e. The van der Waals surface area contributed by atoms with Gasteiger partial charge in [0.05, 0.1) is 7.11 Å². The van der Waals surface area contributed by atoms with Crippen LogP contribution in [0.2, 0.25) is 0 Å². The SMILES string of the molecule is COc1ccc(OC(F)(F)F)cc1[C@H](N)C1CCCCC1.Cl. The Hall–Kier alpha value is -1.14. The molecule has 126 valence electrons. The smallest absolute Gasteiger partial charge is 0.496 e. The minimum atomic E-state index is -4.71. The summed E-state index contributed by atoms with van der Waals surface area (Å²) in [5, 5.41) is 0. The summed E-state index contributed by atoms with van der Waals surface area (Å²) in [4.78, 5) is 0. The third-order valence-corrected chi connectivity index (χ3v) is 3.95. The summed E-state index contributed by atoms with van der Waals surface area (Å²) >= 11 is 0. The third-order valence-electron chi connectivity index (χ3n) is 3.95. The molecule has 2 rings (SSSR count). The molecule has 1 saturated carbocycles. The molecule has 0 spiro atoms. The molecule has 1 fully saturated rings. The first kappa shape index (κ1) is 18.9. The van der Waals surface area contributed by atoms with Crippen LogP contribution in [-0.4, -0.2) is 13.5 Å². The molecular weight excluding hydrogens is 319 g/mol. The van der Waals surface area contributed by atoms with Crippen LogP contribution in [0.3, 0.4) is 0 Å². The fourth-order valence-electron chi connectivity index (χ4n) is 2.92. The van der Waals surface area contributed by atoms with Gasteiger partial charge in [-0.3, -0.25) is 0 Å². The van der Waals surface area contributed by atoms with Crippen LogP contribution in [0.5, 0.6) is 11.5 Å². The number of halogens is 4. The molecule has 22 heavy (non-hydrogen) atoms. The Bertz CT molecular complexity index is 476. The van der Waals surface area contributed by atoms with Crippen molar-refractivity contribution in [2.45, 2.75) is 44.5 Å². The van der Waals surface area contributed by atoms with Gasteiger partial charge in [0.2, 0.25) is 0 Å². The summed E-state index contributed by atoms with van der Waals surface area (Å²) in [5.41, 5.74) is 6.84. The van der Waals surface area contributed by atoms with E-state index in [-0.39, 0.29) is 30.1 Å². The van der Waals surface area contributed by atoms with Crippen LogP contribution < -0.4 is 15.2 Å². The molecule has 1 aromatic carbocycles. The van der Waals surface area contributed by atoms with Crippen molar-refractivity contribution in [3.63, 3.8) is 0 Å². The van der Waals surface area contributed by atoms with Gasteiger partial charge in [0.25, 0.3) is 0 Å². The van der Waals surface area contributed by atoms with Crippen LogP contribution in [0.4, 0.5) is 13.2 Å². The van der Waals surface area contributed by atoms with Gasteiger partial charge in [0, 0.05) is 11.6 Å². The number of methoxy groups -OCH3 is 1. The normalized spacial score (nSPS) is 17.5. The van der Waals surface area contributed by atoms with E-state index < -0.39 is 6.36 Å². The highest BCUT2D eigenvalue weighted by atomic mass is 35.5. The summed E-state index contributed by atoms with van der Waals surface area (Å²) in [6, 6.07) is 3.71. The Morgan fingerprint density at radius 2 is 1.82 bits per heavy atom. The quantitative estimate of drug-likeness (QED) is 0.872. The van der Waals surface area contributed by atoms with Crippen LogP contribution >= 0.6 is 12.4 Å². The molecule has 0 radical (unpaired) electrons. The molecular formula is C15H21ClF3NO2. The van der Waals surface area contributed by atoms with E-state index in [1.807, 2.05) is 0 Å². The predicted octanol–water partition coefficient (Wildman–Crippen LogP) is 4.60. The molecule has 7 heteroatoms. The van der Waals surface area contributed by atoms with Gasteiger partial charge in [-0.15, -0.1) is 25.6 Å². The highest BCUT2D eigenvalue weighted by Gasteiger charge is 2.32. The van der Waals surface area contributed by atoms with E-state index in [0.717, 1.165) is 25.7 Å². The fraction of sp³-hybridized carbons (Fsp3) is 0.600. The molecule has 0 bridgehead atoms. The largest absolute Gasteiger partial charge is 0.573 e. The van der Waals surface area contributed by atoms with Crippen LogP contribution in [0.15, 0.2) is 18.2 Å². The first-order valence-electron chi connectivity index (χ1n) is 7.10. The lowest BCUT2D eigenvalue weighted by Gasteiger charge is -2.29. The van der Waals surface area contributed by atoms with Gasteiger partial charge < -0.3 is 15.2 Å². The Labute approximate surface area is 134 Å². The van der Waals surface area contributed by atoms with Crippen molar-refractivity contribution in [3.05, 3.63) is 23.8 Å². The van der Waals surface area contributed by atoms with Crippen molar-refractivity contribution < 1.29 is 22.6 Å². The molecule has 1 aliphatic carbocycles. The van der Waals surface area contributed by atoms with Crippen LogP contribution in [0.25, 0.3) is 0 Å². The van der Waals surface area contributed by atoms with Crippen molar-refractivity contribution >= 4 is 12.4 Å². The second kappa shape index (κ2) is 7.92. The average molecular weight is 340 g/mol. The molecule has 0 aliphatic heterocycles. The van der Waals surface area contributed by atoms with Gasteiger partial charge in [0.15, 0.2) is 0 Å². The van der Waals surface area contributed by atoms with Gasteiger partial charge in [-0.2, -0.15) is 0 Å². The molecule has 1 aliphatic rings. The summed E-state index contributed by atoms with van der Waals surface area (Å²) in [6.07, 6.45) is 0.695. The molecule has 2 N–H and O–H groups in total. The number of rotatable bonds is 4. The van der Waals surface area contributed by atoms with Gasteiger partial charge in [-0.05, 0) is 37.0 Å². The Morgan fingerprint density at radius 3 is 2.36 bits per heavy atom. The number of hydrogen-bond acceptors (Lipinski definition) is 3. The molecule has 1 atom stereocenters. The maximum Gasteiger partial charge on any atom is 0.573 e. The topological polar surface area (TPSA) is 44.5 Å². The standard InChI is InChI=1S/C15H20F3NO2.ClH/c1-20-13-8-7-11(21-15(16,17)18)9-12(13)14(19)10-5-3-2-4-6-10;/h7-10,14H,2-6,19H2,1H3;1H/t14-;/m1./s1. The Balaban J connectivity index is 0.00000242. The van der Waals surface area contributed by atoms with Crippen LogP contribution in [0, 0.1) is 5.92 Å². The monoisotopic (exact) mass is 339 g/mol. The zero-order chi connectivity index (χ0) is 15.5. The third kappa shape index (κ3) is 4.95. The minimum absolute atomic E-state index is 0. The van der Waals surface area contributed by atoms with Crippen molar-refractivity contribution in [3.8, 4) is 11.5 Å². The van der Waals surface area contributed by atoms with Crippen LogP contribution in [-0.2, 0) is 0 Å². The number of benzene rings is 1. The Kier molecular flexibility index (Phi) is 6.81. The van der Waals surface area contributed by atoms with E-state index in [0.29, 0.717) is 11.3 Å². The molecule has 1 aromatic rings. The van der Waals surface area contributed by atoms with E-state index in [2.05, 4.69) is 4.74 Å².